The molecule has 0 aliphatic carbocycles. The average molecular weight is 536 g/mol. The Bertz CT molecular complexity index is 1500. The number of benzene rings is 1. The van der Waals surface area contributed by atoms with Crippen LogP contribution in [0.5, 0.6) is 0 Å². The zero-order valence-corrected chi connectivity index (χ0v) is 21.4. The van der Waals surface area contributed by atoms with Gasteiger partial charge in [-0.15, -0.1) is 0 Å². The number of aromatic nitrogens is 3. The molecule has 5 heterocycles. The van der Waals surface area contributed by atoms with Crippen molar-refractivity contribution in [3.8, 4) is 0 Å². The molecular weight excluding hydrogens is 508 g/mol. The smallest absolute Gasteiger partial charge is 0.291 e. The van der Waals surface area contributed by atoms with E-state index < -0.39 is 11.6 Å². The Hall–Kier alpha value is -4.32. The van der Waals surface area contributed by atoms with E-state index in [4.69, 9.17) is 9.15 Å². The van der Waals surface area contributed by atoms with Crippen molar-refractivity contribution in [2.45, 2.75) is 6.92 Å². The van der Waals surface area contributed by atoms with Gasteiger partial charge in [0.1, 0.15) is 17.5 Å². The molecule has 2 fully saturated rings. The molecule has 2 saturated heterocycles. The fraction of sp³-hybridized carbons (Fsp3) is 0.333. The van der Waals surface area contributed by atoms with Crippen LogP contribution in [-0.4, -0.2) is 78.2 Å². The van der Waals surface area contributed by atoms with Crippen molar-refractivity contribution in [3.63, 3.8) is 0 Å². The van der Waals surface area contributed by atoms with Crippen LogP contribution >= 0.6 is 0 Å². The number of nitrogens with zero attached hydrogens (tertiary/aromatic N) is 6. The highest BCUT2D eigenvalue weighted by molar-refractivity contribution is 5.98. The molecule has 0 bridgehead atoms. The fourth-order valence-electron chi connectivity index (χ4n) is 5.09. The zero-order chi connectivity index (χ0) is 26.9. The number of oxazole rings is 1. The van der Waals surface area contributed by atoms with Gasteiger partial charge in [-0.25, -0.2) is 18.7 Å². The highest BCUT2D eigenvalue weighted by Crippen LogP contribution is 2.37. The predicted molar refractivity (Wildman–Crippen MR) is 142 cm³/mol. The van der Waals surface area contributed by atoms with Crippen molar-refractivity contribution < 1.29 is 22.7 Å². The number of piperazine rings is 1. The highest BCUT2D eigenvalue weighted by atomic mass is 19.1. The third kappa shape index (κ3) is 4.94. The second kappa shape index (κ2) is 10.4. The summed E-state index contributed by atoms with van der Waals surface area (Å²) in [5.41, 5.74) is 3.01. The first-order valence-corrected chi connectivity index (χ1v) is 12.7. The molecule has 1 amide bonds. The van der Waals surface area contributed by atoms with Crippen LogP contribution in [-0.2, 0) is 4.74 Å². The van der Waals surface area contributed by atoms with Gasteiger partial charge in [0.25, 0.3) is 5.91 Å². The number of anilines is 4. The molecule has 202 valence electrons. The third-order valence-corrected chi connectivity index (χ3v) is 7.10. The molecule has 1 aromatic carbocycles. The van der Waals surface area contributed by atoms with Crippen LogP contribution in [0, 0.1) is 18.6 Å². The van der Waals surface area contributed by atoms with Gasteiger partial charge in [-0.05, 0) is 13.0 Å². The first-order chi connectivity index (χ1) is 19.0. The van der Waals surface area contributed by atoms with Crippen molar-refractivity contribution in [1.29, 1.82) is 0 Å². The lowest BCUT2D eigenvalue weighted by Crippen LogP contribution is -2.49. The number of ether oxygens (including phenoxy) is 1. The third-order valence-electron chi connectivity index (χ3n) is 7.10. The van der Waals surface area contributed by atoms with E-state index in [1.54, 1.807) is 17.3 Å². The van der Waals surface area contributed by atoms with Gasteiger partial charge in [-0.2, -0.15) is 0 Å². The van der Waals surface area contributed by atoms with Gasteiger partial charge in [-0.1, -0.05) is 0 Å². The van der Waals surface area contributed by atoms with Gasteiger partial charge in [0.2, 0.25) is 5.76 Å². The van der Waals surface area contributed by atoms with Crippen LogP contribution in [0.4, 0.5) is 31.7 Å². The molecule has 1 N–H and O–H groups in total. The summed E-state index contributed by atoms with van der Waals surface area (Å²) in [6, 6.07) is 4.06. The molecule has 4 aromatic rings. The maximum Gasteiger partial charge on any atom is 0.291 e. The summed E-state index contributed by atoms with van der Waals surface area (Å²) in [5, 5.41) is 3.55. The van der Waals surface area contributed by atoms with Crippen LogP contribution < -0.4 is 15.1 Å². The Labute approximate surface area is 223 Å². The highest BCUT2D eigenvalue weighted by Gasteiger charge is 2.27. The number of hydrogen-bond donors (Lipinski definition) is 1. The summed E-state index contributed by atoms with van der Waals surface area (Å²) >= 11 is 0. The largest absolute Gasteiger partial charge is 0.438 e. The average Bonchev–Trinajstić information content (AvgIpc) is 3.50. The van der Waals surface area contributed by atoms with Crippen molar-refractivity contribution in [3.05, 3.63) is 66.1 Å². The van der Waals surface area contributed by atoms with E-state index in [-0.39, 0.29) is 22.6 Å². The van der Waals surface area contributed by atoms with Crippen molar-refractivity contribution in [2.75, 3.05) is 67.6 Å². The maximum atomic E-state index is 15.2. The van der Waals surface area contributed by atoms with Gasteiger partial charge in [0.15, 0.2) is 6.39 Å². The van der Waals surface area contributed by atoms with E-state index in [0.717, 1.165) is 24.8 Å². The predicted octanol–water partition coefficient (Wildman–Crippen LogP) is 3.75. The Morgan fingerprint density at radius 1 is 0.949 bits per heavy atom. The number of nitrogens with one attached hydrogen (secondary N) is 1. The first kappa shape index (κ1) is 25.0. The number of halogens is 2. The summed E-state index contributed by atoms with van der Waals surface area (Å²) in [5.74, 6) is -0.844. The SMILES string of the molecule is Cc1c(N2CCN(C(=O)c3cnco3)CC2)nc2cc(F)cc(F)c2c1Nc1cncc(N2CCOCC2)c1. The molecule has 10 nitrogen and oxygen atoms in total. The van der Waals surface area contributed by atoms with Gasteiger partial charge < -0.3 is 29.2 Å². The summed E-state index contributed by atoms with van der Waals surface area (Å²) in [7, 11) is 0. The summed E-state index contributed by atoms with van der Waals surface area (Å²) < 4.78 is 40.0. The molecule has 39 heavy (non-hydrogen) atoms. The second-order valence-electron chi connectivity index (χ2n) is 9.52. The van der Waals surface area contributed by atoms with E-state index in [9.17, 15) is 9.18 Å². The van der Waals surface area contributed by atoms with E-state index in [0.29, 0.717) is 62.1 Å². The van der Waals surface area contributed by atoms with E-state index in [2.05, 4.69) is 25.2 Å². The normalized spacial score (nSPS) is 16.1. The van der Waals surface area contributed by atoms with Crippen molar-refractivity contribution in [1.82, 2.24) is 19.9 Å². The van der Waals surface area contributed by atoms with Crippen LogP contribution in [0.15, 0.2) is 47.6 Å². The number of morpholine rings is 1. The molecule has 0 saturated carbocycles. The zero-order valence-electron chi connectivity index (χ0n) is 21.4. The lowest BCUT2D eigenvalue weighted by molar-refractivity contribution is 0.0714. The summed E-state index contributed by atoms with van der Waals surface area (Å²) in [4.78, 5) is 31.4. The molecule has 0 spiro atoms. The molecule has 3 aromatic heterocycles. The van der Waals surface area contributed by atoms with Crippen molar-refractivity contribution in [2.24, 2.45) is 0 Å². The topological polar surface area (TPSA) is 99.9 Å². The molecule has 0 radical (unpaired) electrons. The first-order valence-electron chi connectivity index (χ1n) is 12.7. The lowest BCUT2D eigenvalue weighted by Gasteiger charge is -2.36. The molecule has 12 heteroatoms. The Morgan fingerprint density at radius 3 is 2.49 bits per heavy atom. The van der Waals surface area contributed by atoms with Gasteiger partial charge in [0, 0.05) is 57.0 Å². The minimum atomic E-state index is -0.702. The minimum Gasteiger partial charge on any atom is -0.438 e. The van der Waals surface area contributed by atoms with E-state index in [1.807, 2.05) is 17.9 Å². The number of hydrogen-bond acceptors (Lipinski definition) is 9. The number of rotatable bonds is 5. The number of pyridine rings is 2. The Kier molecular flexibility index (Phi) is 6.69. The maximum absolute atomic E-state index is 15.2. The van der Waals surface area contributed by atoms with Crippen molar-refractivity contribution >= 4 is 39.7 Å². The number of carbonyl (C=O) groups excluding carboxylic acids is 1. The second-order valence-corrected chi connectivity index (χ2v) is 9.52. The molecule has 2 aliphatic heterocycles. The van der Waals surface area contributed by atoms with Gasteiger partial charge in [0.05, 0.1) is 59.8 Å². The molecule has 0 unspecified atom stereocenters. The van der Waals surface area contributed by atoms with Crippen LogP contribution in [0.3, 0.4) is 0 Å². The molecule has 0 atom stereocenters. The Balaban J connectivity index is 1.32. The standard InChI is InChI=1S/C27H27F2N7O3/c1-17-25(32-19-12-20(14-30-13-19)34-6-8-38-9-7-34)24-21(29)10-18(28)11-22(24)33-26(17)35-2-4-36(5-3-35)27(37)23-15-31-16-39-23/h10-16H,2-9H2,1H3,(H,32,33). The van der Waals surface area contributed by atoms with Gasteiger partial charge in [-0.3, -0.25) is 9.78 Å². The molecular formula is C27H27F2N7O3. The van der Waals surface area contributed by atoms with Gasteiger partial charge >= 0.3 is 0 Å². The van der Waals surface area contributed by atoms with E-state index >= 15 is 4.39 Å². The molecule has 6 rings (SSSR count). The van der Waals surface area contributed by atoms with E-state index in [1.165, 1.54) is 18.7 Å². The summed E-state index contributed by atoms with van der Waals surface area (Å²) in [6.07, 6.45) is 6.08. The quantitative estimate of drug-likeness (QED) is 0.410. The summed E-state index contributed by atoms with van der Waals surface area (Å²) in [6.45, 7) is 6.51. The number of carbonyl (C=O) groups is 1. The van der Waals surface area contributed by atoms with Crippen LogP contribution in [0.25, 0.3) is 10.9 Å². The number of fused-ring (bicyclic) bond motifs is 1. The van der Waals surface area contributed by atoms with Crippen LogP contribution in [0.1, 0.15) is 16.1 Å². The van der Waals surface area contributed by atoms with Crippen LogP contribution in [0.2, 0.25) is 0 Å². The monoisotopic (exact) mass is 535 g/mol. The molecule has 2 aliphatic rings. The fourth-order valence-corrected chi connectivity index (χ4v) is 5.09. The number of amides is 1. The lowest BCUT2D eigenvalue weighted by atomic mass is 10.1. The minimum absolute atomic E-state index is 0.189. The Morgan fingerprint density at radius 2 is 1.74 bits per heavy atom.